The molecule has 0 saturated carbocycles. The molecule has 2 nitrogen and oxygen atoms in total. The quantitative estimate of drug-likeness (QED) is 0.667. The van der Waals surface area contributed by atoms with E-state index in [0.29, 0.717) is 11.1 Å². The third-order valence-corrected chi connectivity index (χ3v) is 3.23. The first kappa shape index (κ1) is 14.6. The van der Waals surface area contributed by atoms with E-state index in [2.05, 4.69) is 5.43 Å². The van der Waals surface area contributed by atoms with Crippen molar-refractivity contribution in [3.8, 4) is 0 Å². The van der Waals surface area contributed by atoms with Gasteiger partial charge in [-0.25, -0.2) is 13.2 Å². The van der Waals surface area contributed by atoms with Crippen LogP contribution in [0.5, 0.6) is 0 Å². The first-order valence-corrected chi connectivity index (χ1v) is 6.17. The number of hydrogen-bond donors (Lipinski definition) is 2. The van der Waals surface area contributed by atoms with Gasteiger partial charge in [0.15, 0.2) is 0 Å². The summed E-state index contributed by atoms with van der Waals surface area (Å²) in [6, 6.07) is 7.41. The summed E-state index contributed by atoms with van der Waals surface area (Å²) in [7, 11) is 0. The van der Waals surface area contributed by atoms with Crippen LogP contribution >= 0.6 is 0 Å². The first-order valence-electron chi connectivity index (χ1n) is 6.17. The molecule has 2 rings (SSSR count). The molecule has 0 aliphatic carbocycles. The fourth-order valence-electron chi connectivity index (χ4n) is 2.02. The molecule has 0 aromatic heterocycles. The van der Waals surface area contributed by atoms with E-state index in [1.807, 2.05) is 0 Å². The highest BCUT2D eigenvalue weighted by atomic mass is 19.1. The van der Waals surface area contributed by atoms with Crippen molar-refractivity contribution in [1.82, 2.24) is 5.43 Å². The van der Waals surface area contributed by atoms with E-state index in [1.165, 1.54) is 6.07 Å². The molecular formula is C15H15F3N2. The molecule has 0 aliphatic rings. The van der Waals surface area contributed by atoms with Crippen molar-refractivity contribution in [1.29, 1.82) is 0 Å². The third-order valence-electron chi connectivity index (χ3n) is 3.23. The van der Waals surface area contributed by atoms with E-state index in [4.69, 9.17) is 5.84 Å². The second-order valence-electron chi connectivity index (χ2n) is 4.67. The van der Waals surface area contributed by atoms with Crippen LogP contribution in [0.15, 0.2) is 36.4 Å². The summed E-state index contributed by atoms with van der Waals surface area (Å²) >= 11 is 0. The Bertz CT molecular complexity index is 614. The molecule has 0 saturated heterocycles. The molecule has 1 unspecified atom stereocenters. The number of rotatable bonds is 4. The van der Waals surface area contributed by atoms with Gasteiger partial charge in [0.1, 0.15) is 17.5 Å². The molecule has 0 radical (unpaired) electrons. The van der Waals surface area contributed by atoms with Crippen molar-refractivity contribution in [3.63, 3.8) is 0 Å². The van der Waals surface area contributed by atoms with Crippen molar-refractivity contribution in [2.75, 3.05) is 0 Å². The summed E-state index contributed by atoms with van der Waals surface area (Å²) in [5.41, 5.74) is 3.79. The normalized spacial score (nSPS) is 12.4. The van der Waals surface area contributed by atoms with Crippen molar-refractivity contribution in [3.05, 3.63) is 70.5 Å². The van der Waals surface area contributed by atoms with E-state index in [9.17, 15) is 13.2 Å². The highest BCUT2D eigenvalue weighted by Gasteiger charge is 2.15. The summed E-state index contributed by atoms with van der Waals surface area (Å²) < 4.78 is 40.3. The molecule has 0 aliphatic heterocycles. The number of hydrazine groups is 1. The summed E-state index contributed by atoms with van der Waals surface area (Å²) in [6.07, 6.45) is 0.128. The molecule has 1 atom stereocenters. The summed E-state index contributed by atoms with van der Waals surface area (Å²) in [6.45, 7) is 1.65. The minimum absolute atomic E-state index is 0.128. The SMILES string of the molecule is Cc1ccc(C(Cc2cc(F)ccc2F)NN)cc1F. The molecule has 0 heterocycles. The van der Waals surface area contributed by atoms with Crippen molar-refractivity contribution < 1.29 is 13.2 Å². The second-order valence-corrected chi connectivity index (χ2v) is 4.67. The fraction of sp³-hybridized carbons (Fsp3) is 0.200. The Morgan fingerprint density at radius 3 is 2.45 bits per heavy atom. The zero-order valence-electron chi connectivity index (χ0n) is 11.0. The highest BCUT2D eigenvalue weighted by molar-refractivity contribution is 5.28. The van der Waals surface area contributed by atoms with E-state index in [0.717, 1.165) is 18.2 Å². The molecule has 0 spiro atoms. The minimum Gasteiger partial charge on any atom is -0.271 e. The lowest BCUT2D eigenvalue weighted by molar-refractivity contribution is 0.518. The molecule has 3 N–H and O–H groups in total. The van der Waals surface area contributed by atoms with Crippen molar-refractivity contribution in [2.45, 2.75) is 19.4 Å². The largest absolute Gasteiger partial charge is 0.271 e. The lowest BCUT2D eigenvalue weighted by Crippen LogP contribution is -2.30. The second kappa shape index (κ2) is 6.07. The standard InChI is InChI=1S/C15H15F3N2/c1-9-2-3-10(7-14(9)18)15(20-19)8-11-6-12(16)4-5-13(11)17/h2-7,15,20H,8,19H2,1H3. The summed E-state index contributed by atoms with van der Waals surface area (Å²) in [4.78, 5) is 0. The highest BCUT2D eigenvalue weighted by Crippen LogP contribution is 2.22. The van der Waals surface area contributed by atoms with Gasteiger partial charge in [0, 0.05) is 0 Å². The number of hydrogen-bond acceptors (Lipinski definition) is 2. The Morgan fingerprint density at radius 1 is 1.05 bits per heavy atom. The molecule has 20 heavy (non-hydrogen) atoms. The Labute approximate surface area is 115 Å². The monoisotopic (exact) mass is 280 g/mol. The fourth-order valence-corrected chi connectivity index (χ4v) is 2.02. The number of benzene rings is 2. The Kier molecular flexibility index (Phi) is 4.42. The van der Waals surface area contributed by atoms with Crippen molar-refractivity contribution >= 4 is 0 Å². The average molecular weight is 280 g/mol. The predicted molar refractivity (Wildman–Crippen MR) is 71.3 cm³/mol. The van der Waals surface area contributed by atoms with Gasteiger partial charge in [0.2, 0.25) is 0 Å². The maximum absolute atomic E-state index is 13.6. The summed E-state index contributed by atoms with van der Waals surface area (Å²) in [5.74, 6) is 4.05. The molecule has 2 aromatic carbocycles. The number of nitrogens with two attached hydrogens (primary N) is 1. The van der Waals surface area contributed by atoms with Crippen LogP contribution in [0.3, 0.4) is 0 Å². The molecular weight excluding hydrogens is 265 g/mol. The number of halogens is 3. The molecule has 106 valence electrons. The van der Waals surface area contributed by atoms with Gasteiger partial charge in [0.25, 0.3) is 0 Å². The van der Waals surface area contributed by atoms with E-state index < -0.39 is 17.7 Å². The van der Waals surface area contributed by atoms with Gasteiger partial charge >= 0.3 is 0 Å². The average Bonchev–Trinajstić information content (AvgIpc) is 2.43. The van der Waals surface area contributed by atoms with Crippen LogP contribution in [0.2, 0.25) is 0 Å². The van der Waals surface area contributed by atoms with E-state index >= 15 is 0 Å². The Morgan fingerprint density at radius 2 is 1.80 bits per heavy atom. The number of aryl methyl sites for hydroxylation is 1. The van der Waals surface area contributed by atoms with Crippen LogP contribution in [-0.4, -0.2) is 0 Å². The minimum atomic E-state index is -0.521. The van der Waals surface area contributed by atoms with Crippen LogP contribution in [0, 0.1) is 24.4 Å². The molecule has 0 fully saturated rings. The lowest BCUT2D eigenvalue weighted by atomic mass is 9.98. The molecule has 5 heteroatoms. The van der Waals surface area contributed by atoms with Crippen LogP contribution in [0.4, 0.5) is 13.2 Å². The molecule has 0 bridgehead atoms. The molecule has 0 amide bonds. The smallest absolute Gasteiger partial charge is 0.126 e. The van der Waals surface area contributed by atoms with Gasteiger partial charge < -0.3 is 0 Å². The zero-order valence-corrected chi connectivity index (χ0v) is 11.0. The number of nitrogens with one attached hydrogen (secondary N) is 1. The van der Waals surface area contributed by atoms with Gasteiger partial charge in [-0.3, -0.25) is 11.3 Å². The Balaban J connectivity index is 2.28. The lowest BCUT2D eigenvalue weighted by Gasteiger charge is -2.17. The van der Waals surface area contributed by atoms with Gasteiger partial charge in [-0.15, -0.1) is 0 Å². The topological polar surface area (TPSA) is 38.0 Å². The van der Waals surface area contributed by atoms with Gasteiger partial charge in [-0.1, -0.05) is 12.1 Å². The predicted octanol–water partition coefficient (Wildman–Crippen LogP) is 3.16. The summed E-state index contributed by atoms with van der Waals surface area (Å²) in [5, 5.41) is 0. The van der Waals surface area contributed by atoms with Gasteiger partial charge in [-0.05, 0) is 54.3 Å². The van der Waals surface area contributed by atoms with Crippen molar-refractivity contribution in [2.24, 2.45) is 5.84 Å². The van der Waals surface area contributed by atoms with Crippen LogP contribution in [0.25, 0.3) is 0 Å². The van der Waals surface area contributed by atoms with Gasteiger partial charge in [0.05, 0.1) is 6.04 Å². The van der Waals surface area contributed by atoms with Crippen LogP contribution < -0.4 is 11.3 Å². The van der Waals surface area contributed by atoms with E-state index in [1.54, 1.807) is 19.1 Å². The maximum Gasteiger partial charge on any atom is 0.126 e. The maximum atomic E-state index is 13.6. The molecule has 2 aromatic rings. The first-order chi connectivity index (χ1) is 9.51. The van der Waals surface area contributed by atoms with Crippen LogP contribution in [-0.2, 0) is 6.42 Å². The zero-order chi connectivity index (χ0) is 14.7. The Hall–Kier alpha value is -1.85. The van der Waals surface area contributed by atoms with Gasteiger partial charge in [-0.2, -0.15) is 0 Å². The van der Waals surface area contributed by atoms with E-state index in [-0.39, 0.29) is 17.8 Å². The van der Waals surface area contributed by atoms with Crippen LogP contribution in [0.1, 0.15) is 22.7 Å². The third kappa shape index (κ3) is 3.18.